The van der Waals surface area contributed by atoms with E-state index in [1.54, 1.807) is 7.11 Å². The van der Waals surface area contributed by atoms with Gasteiger partial charge in [-0.2, -0.15) is 0 Å². The molecule has 0 aliphatic carbocycles. The molecular formula is C14H15NO. The molecular weight excluding hydrogens is 198 g/mol. The van der Waals surface area contributed by atoms with Gasteiger partial charge in [-0.25, -0.2) is 0 Å². The molecule has 0 saturated carbocycles. The summed E-state index contributed by atoms with van der Waals surface area (Å²) in [5.41, 5.74) is 9.84. The van der Waals surface area contributed by atoms with Gasteiger partial charge in [-0.05, 0) is 36.2 Å². The van der Waals surface area contributed by atoms with Crippen molar-refractivity contribution in [3.63, 3.8) is 0 Å². The molecule has 0 saturated heterocycles. The highest BCUT2D eigenvalue weighted by molar-refractivity contribution is 5.72. The van der Waals surface area contributed by atoms with Crippen molar-refractivity contribution in [1.82, 2.24) is 0 Å². The zero-order valence-electron chi connectivity index (χ0n) is 9.53. The number of ether oxygens (including phenoxy) is 1. The Morgan fingerprint density at radius 3 is 2.31 bits per heavy atom. The van der Waals surface area contributed by atoms with Gasteiger partial charge in [-0.3, -0.25) is 0 Å². The van der Waals surface area contributed by atoms with E-state index >= 15 is 0 Å². The average Bonchev–Trinajstić information content (AvgIpc) is 2.30. The zero-order chi connectivity index (χ0) is 11.5. The normalized spacial score (nSPS) is 10.1. The van der Waals surface area contributed by atoms with Crippen molar-refractivity contribution in [2.45, 2.75) is 6.92 Å². The minimum atomic E-state index is 0.773. The van der Waals surface area contributed by atoms with Gasteiger partial charge >= 0.3 is 0 Å². The first-order valence-electron chi connectivity index (χ1n) is 5.21. The van der Waals surface area contributed by atoms with Crippen LogP contribution in [0.1, 0.15) is 5.56 Å². The summed E-state index contributed by atoms with van der Waals surface area (Å²) in [6.45, 7) is 2.05. The van der Waals surface area contributed by atoms with Crippen LogP contribution in [0.5, 0.6) is 5.75 Å². The Morgan fingerprint density at radius 2 is 1.69 bits per heavy atom. The van der Waals surface area contributed by atoms with Gasteiger partial charge in [0.15, 0.2) is 0 Å². The fraction of sp³-hybridized carbons (Fsp3) is 0.143. The first kappa shape index (κ1) is 10.6. The molecule has 0 heterocycles. The van der Waals surface area contributed by atoms with E-state index in [0.717, 1.165) is 22.6 Å². The van der Waals surface area contributed by atoms with Crippen LogP contribution in [0, 0.1) is 6.92 Å². The Hall–Kier alpha value is -1.96. The predicted molar refractivity (Wildman–Crippen MR) is 67.6 cm³/mol. The minimum Gasteiger partial charge on any atom is -0.496 e. The van der Waals surface area contributed by atoms with Crippen molar-refractivity contribution in [3.05, 3.63) is 48.0 Å². The highest BCUT2D eigenvalue weighted by Gasteiger charge is 2.05. The van der Waals surface area contributed by atoms with Crippen molar-refractivity contribution in [2.24, 2.45) is 0 Å². The number of rotatable bonds is 2. The van der Waals surface area contributed by atoms with Crippen LogP contribution in [0.3, 0.4) is 0 Å². The third kappa shape index (κ3) is 2.01. The molecule has 16 heavy (non-hydrogen) atoms. The molecule has 0 amide bonds. The maximum Gasteiger partial charge on any atom is 0.126 e. The Kier molecular flexibility index (Phi) is 2.82. The summed E-state index contributed by atoms with van der Waals surface area (Å²) in [4.78, 5) is 0. The second-order valence-corrected chi connectivity index (χ2v) is 3.83. The summed E-state index contributed by atoms with van der Waals surface area (Å²) in [5, 5.41) is 0. The second kappa shape index (κ2) is 4.27. The van der Waals surface area contributed by atoms with E-state index in [9.17, 15) is 0 Å². The SMILES string of the molecule is COc1cc(C)ccc1-c1ccc(N)cc1. The Bertz CT molecular complexity index is 489. The lowest BCUT2D eigenvalue weighted by Crippen LogP contribution is -1.89. The molecule has 0 atom stereocenters. The highest BCUT2D eigenvalue weighted by atomic mass is 16.5. The molecule has 2 aromatic rings. The van der Waals surface area contributed by atoms with Crippen LogP contribution < -0.4 is 10.5 Å². The lowest BCUT2D eigenvalue weighted by atomic mass is 10.0. The van der Waals surface area contributed by atoms with Crippen LogP contribution in [-0.4, -0.2) is 7.11 Å². The summed E-state index contributed by atoms with van der Waals surface area (Å²) < 4.78 is 5.38. The average molecular weight is 213 g/mol. The van der Waals surface area contributed by atoms with Crippen molar-refractivity contribution >= 4 is 5.69 Å². The summed E-state index contributed by atoms with van der Waals surface area (Å²) in [5.74, 6) is 0.893. The summed E-state index contributed by atoms with van der Waals surface area (Å²) in [7, 11) is 1.69. The fourth-order valence-corrected chi connectivity index (χ4v) is 1.70. The molecule has 0 radical (unpaired) electrons. The maximum absolute atomic E-state index is 5.67. The van der Waals surface area contributed by atoms with Gasteiger partial charge in [0, 0.05) is 11.3 Å². The molecule has 2 heteroatoms. The summed E-state index contributed by atoms with van der Waals surface area (Å²) in [6, 6.07) is 14.0. The van der Waals surface area contributed by atoms with Crippen molar-refractivity contribution < 1.29 is 4.74 Å². The van der Waals surface area contributed by atoms with Crippen LogP contribution in [0.4, 0.5) is 5.69 Å². The number of hydrogen-bond acceptors (Lipinski definition) is 2. The van der Waals surface area contributed by atoms with Crippen LogP contribution >= 0.6 is 0 Å². The quantitative estimate of drug-likeness (QED) is 0.777. The fourth-order valence-electron chi connectivity index (χ4n) is 1.70. The standard InChI is InChI=1S/C14H15NO/c1-10-3-8-13(14(9-10)16-2)11-4-6-12(15)7-5-11/h3-9H,15H2,1-2H3. The van der Waals surface area contributed by atoms with E-state index in [4.69, 9.17) is 10.5 Å². The molecule has 0 unspecified atom stereocenters. The van der Waals surface area contributed by atoms with E-state index in [1.165, 1.54) is 5.56 Å². The van der Waals surface area contributed by atoms with Gasteiger partial charge in [0.05, 0.1) is 7.11 Å². The monoisotopic (exact) mass is 213 g/mol. The van der Waals surface area contributed by atoms with Crippen LogP contribution in [0.2, 0.25) is 0 Å². The Labute approximate surface area is 95.7 Å². The number of anilines is 1. The molecule has 82 valence electrons. The maximum atomic E-state index is 5.67. The molecule has 0 spiro atoms. The number of benzene rings is 2. The van der Waals surface area contributed by atoms with E-state index < -0.39 is 0 Å². The largest absolute Gasteiger partial charge is 0.496 e. The molecule has 0 bridgehead atoms. The number of nitrogen functional groups attached to an aromatic ring is 1. The van der Waals surface area contributed by atoms with Crippen molar-refractivity contribution in [2.75, 3.05) is 12.8 Å². The second-order valence-electron chi connectivity index (χ2n) is 3.83. The molecule has 0 aliphatic rings. The molecule has 2 N–H and O–H groups in total. The summed E-state index contributed by atoms with van der Waals surface area (Å²) in [6.07, 6.45) is 0. The molecule has 2 nitrogen and oxygen atoms in total. The Balaban J connectivity index is 2.51. The lowest BCUT2D eigenvalue weighted by Gasteiger charge is -2.09. The summed E-state index contributed by atoms with van der Waals surface area (Å²) >= 11 is 0. The molecule has 2 aromatic carbocycles. The van der Waals surface area contributed by atoms with Gasteiger partial charge in [0.25, 0.3) is 0 Å². The third-order valence-electron chi connectivity index (χ3n) is 2.58. The van der Waals surface area contributed by atoms with E-state index in [0.29, 0.717) is 0 Å². The first-order chi connectivity index (χ1) is 7.70. The van der Waals surface area contributed by atoms with Crippen molar-refractivity contribution in [3.8, 4) is 16.9 Å². The lowest BCUT2D eigenvalue weighted by molar-refractivity contribution is 0.416. The van der Waals surface area contributed by atoms with E-state index in [2.05, 4.69) is 19.1 Å². The molecule has 2 rings (SSSR count). The zero-order valence-corrected chi connectivity index (χ0v) is 9.53. The van der Waals surface area contributed by atoms with Gasteiger partial charge in [-0.15, -0.1) is 0 Å². The van der Waals surface area contributed by atoms with E-state index in [1.807, 2.05) is 30.3 Å². The van der Waals surface area contributed by atoms with E-state index in [-0.39, 0.29) is 0 Å². The van der Waals surface area contributed by atoms with Crippen molar-refractivity contribution in [1.29, 1.82) is 0 Å². The Morgan fingerprint density at radius 1 is 1.00 bits per heavy atom. The number of hydrogen-bond donors (Lipinski definition) is 1. The van der Waals surface area contributed by atoms with Crippen LogP contribution in [0.25, 0.3) is 11.1 Å². The highest BCUT2D eigenvalue weighted by Crippen LogP contribution is 2.30. The van der Waals surface area contributed by atoms with Gasteiger partial charge in [0.2, 0.25) is 0 Å². The van der Waals surface area contributed by atoms with Crippen LogP contribution in [0.15, 0.2) is 42.5 Å². The third-order valence-corrected chi connectivity index (χ3v) is 2.58. The predicted octanol–water partition coefficient (Wildman–Crippen LogP) is 3.25. The minimum absolute atomic E-state index is 0.773. The molecule has 0 fully saturated rings. The molecule has 0 aromatic heterocycles. The van der Waals surface area contributed by atoms with Gasteiger partial charge in [0.1, 0.15) is 5.75 Å². The smallest absolute Gasteiger partial charge is 0.126 e. The number of nitrogens with two attached hydrogens (primary N) is 1. The number of aryl methyl sites for hydroxylation is 1. The van der Waals surface area contributed by atoms with Gasteiger partial charge < -0.3 is 10.5 Å². The topological polar surface area (TPSA) is 35.2 Å². The molecule has 0 aliphatic heterocycles. The van der Waals surface area contributed by atoms with Gasteiger partial charge in [-0.1, -0.05) is 24.3 Å². The first-order valence-corrected chi connectivity index (χ1v) is 5.21. The number of methoxy groups -OCH3 is 1. The van der Waals surface area contributed by atoms with Crippen LogP contribution in [-0.2, 0) is 0 Å².